The molecule has 1 amide bonds. The van der Waals surface area contributed by atoms with Crippen molar-refractivity contribution in [3.8, 4) is 5.75 Å². The molecular weight excluding hydrogens is 254 g/mol. The monoisotopic (exact) mass is 271 g/mol. The highest BCUT2D eigenvalue weighted by Gasteiger charge is 2.17. The molecule has 2 rings (SSSR count). The summed E-state index contributed by atoms with van der Waals surface area (Å²) in [4.78, 5) is 23.4. The molecule has 2 aromatic carbocycles. The third-order valence-electron chi connectivity index (χ3n) is 3.14. The maximum absolute atomic E-state index is 12.2. The van der Waals surface area contributed by atoms with Crippen LogP contribution in [0.2, 0.25) is 0 Å². The van der Waals surface area contributed by atoms with Gasteiger partial charge in [0.25, 0.3) is 5.91 Å². The van der Waals surface area contributed by atoms with Crippen molar-refractivity contribution in [1.82, 2.24) is 5.32 Å². The van der Waals surface area contributed by atoms with Crippen molar-refractivity contribution < 1.29 is 14.3 Å². The van der Waals surface area contributed by atoms with Gasteiger partial charge in [-0.1, -0.05) is 31.2 Å². The summed E-state index contributed by atoms with van der Waals surface area (Å²) in [7, 11) is 1.53. The van der Waals surface area contributed by atoms with Crippen LogP contribution >= 0.6 is 0 Å². The Morgan fingerprint density at radius 3 is 2.60 bits per heavy atom. The molecule has 0 heterocycles. The fraction of sp³-hybridized carbons (Fsp3) is 0.250. The molecule has 104 valence electrons. The largest absolute Gasteiger partial charge is 0.495 e. The molecule has 0 bridgehead atoms. The lowest BCUT2D eigenvalue weighted by Crippen LogP contribution is -2.24. The van der Waals surface area contributed by atoms with Gasteiger partial charge in [0.05, 0.1) is 12.7 Å². The minimum atomic E-state index is -0.224. The Labute approximate surface area is 117 Å². The quantitative estimate of drug-likeness (QED) is 0.851. The number of ether oxygens (including phenoxy) is 1. The van der Waals surface area contributed by atoms with E-state index in [0.717, 1.165) is 23.5 Å². The van der Waals surface area contributed by atoms with Gasteiger partial charge in [-0.15, -0.1) is 0 Å². The standard InChI is InChI=1S/C16H17NO3/c1-3-8-17-16(19)14-9-11(10-18)12-6-4-5-7-13(12)15(14)20-2/h4-7,9-10H,3,8H2,1-2H3,(H,17,19). The highest BCUT2D eigenvalue weighted by Crippen LogP contribution is 2.32. The fourth-order valence-corrected chi connectivity index (χ4v) is 2.20. The van der Waals surface area contributed by atoms with Crippen LogP contribution in [0.5, 0.6) is 5.75 Å². The number of amides is 1. The lowest BCUT2D eigenvalue weighted by atomic mass is 9.99. The number of benzene rings is 2. The molecule has 1 N–H and O–H groups in total. The van der Waals surface area contributed by atoms with Crippen molar-refractivity contribution in [2.24, 2.45) is 0 Å². The number of carbonyl (C=O) groups is 2. The number of fused-ring (bicyclic) bond motifs is 1. The summed E-state index contributed by atoms with van der Waals surface area (Å²) in [6, 6.07) is 8.98. The second kappa shape index (κ2) is 6.19. The molecule has 0 saturated carbocycles. The Morgan fingerprint density at radius 1 is 1.30 bits per heavy atom. The normalized spacial score (nSPS) is 10.3. The maximum atomic E-state index is 12.2. The number of hydrogen-bond donors (Lipinski definition) is 1. The second-order valence-corrected chi connectivity index (χ2v) is 4.47. The van der Waals surface area contributed by atoms with E-state index >= 15 is 0 Å². The van der Waals surface area contributed by atoms with Gasteiger partial charge in [0, 0.05) is 17.5 Å². The lowest BCUT2D eigenvalue weighted by molar-refractivity contribution is 0.0951. The lowest BCUT2D eigenvalue weighted by Gasteiger charge is -2.13. The van der Waals surface area contributed by atoms with E-state index in [0.29, 0.717) is 23.4 Å². The first-order chi connectivity index (χ1) is 9.72. The van der Waals surface area contributed by atoms with E-state index in [4.69, 9.17) is 4.74 Å². The number of methoxy groups -OCH3 is 1. The molecule has 0 aliphatic heterocycles. The van der Waals surface area contributed by atoms with Crippen LogP contribution in [0.15, 0.2) is 30.3 Å². The molecule has 0 radical (unpaired) electrons. The first kappa shape index (κ1) is 14.1. The third kappa shape index (κ3) is 2.50. The van der Waals surface area contributed by atoms with Crippen molar-refractivity contribution in [1.29, 1.82) is 0 Å². The molecule has 20 heavy (non-hydrogen) atoms. The van der Waals surface area contributed by atoms with E-state index < -0.39 is 0 Å². The third-order valence-corrected chi connectivity index (χ3v) is 3.14. The van der Waals surface area contributed by atoms with Crippen LogP contribution in [-0.2, 0) is 0 Å². The average Bonchev–Trinajstić information content (AvgIpc) is 2.50. The van der Waals surface area contributed by atoms with E-state index in [1.807, 2.05) is 31.2 Å². The van der Waals surface area contributed by atoms with E-state index in [9.17, 15) is 9.59 Å². The van der Waals surface area contributed by atoms with Crippen LogP contribution in [0.4, 0.5) is 0 Å². The van der Waals surface area contributed by atoms with Gasteiger partial charge < -0.3 is 10.1 Å². The van der Waals surface area contributed by atoms with Crippen LogP contribution < -0.4 is 10.1 Å². The zero-order valence-corrected chi connectivity index (χ0v) is 11.6. The highest BCUT2D eigenvalue weighted by atomic mass is 16.5. The van der Waals surface area contributed by atoms with Crippen LogP contribution in [-0.4, -0.2) is 25.8 Å². The van der Waals surface area contributed by atoms with Gasteiger partial charge in [0.1, 0.15) is 5.75 Å². The Morgan fingerprint density at radius 2 is 2.00 bits per heavy atom. The Bertz CT molecular complexity index is 649. The molecule has 0 aromatic heterocycles. The van der Waals surface area contributed by atoms with Gasteiger partial charge in [-0.2, -0.15) is 0 Å². The molecule has 0 saturated heterocycles. The topological polar surface area (TPSA) is 55.4 Å². The van der Waals surface area contributed by atoms with Crippen LogP contribution in [0.1, 0.15) is 34.1 Å². The first-order valence-corrected chi connectivity index (χ1v) is 6.56. The Balaban J connectivity index is 2.64. The molecule has 0 spiro atoms. The smallest absolute Gasteiger partial charge is 0.255 e. The first-order valence-electron chi connectivity index (χ1n) is 6.56. The van der Waals surface area contributed by atoms with Gasteiger partial charge in [-0.05, 0) is 17.9 Å². The van der Waals surface area contributed by atoms with Crippen molar-refractivity contribution in [3.63, 3.8) is 0 Å². The molecule has 4 heteroatoms. The number of aldehydes is 1. The zero-order valence-electron chi connectivity index (χ0n) is 11.6. The number of hydrogen-bond acceptors (Lipinski definition) is 3. The second-order valence-electron chi connectivity index (χ2n) is 4.47. The van der Waals surface area contributed by atoms with Gasteiger partial charge in [-0.3, -0.25) is 9.59 Å². The van der Waals surface area contributed by atoms with Gasteiger partial charge >= 0.3 is 0 Å². The molecule has 0 atom stereocenters. The maximum Gasteiger partial charge on any atom is 0.255 e. The molecule has 2 aromatic rings. The van der Waals surface area contributed by atoms with Crippen LogP contribution in [0.25, 0.3) is 10.8 Å². The number of rotatable bonds is 5. The molecule has 4 nitrogen and oxygen atoms in total. The zero-order chi connectivity index (χ0) is 14.5. The van der Waals surface area contributed by atoms with Crippen LogP contribution in [0.3, 0.4) is 0 Å². The number of carbonyl (C=O) groups excluding carboxylic acids is 2. The summed E-state index contributed by atoms with van der Waals surface area (Å²) in [5.41, 5.74) is 0.879. The SMILES string of the molecule is CCCNC(=O)c1cc(C=O)c2ccccc2c1OC. The summed E-state index contributed by atoms with van der Waals surface area (Å²) >= 11 is 0. The fourth-order valence-electron chi connectivity index (χ4n) is 2.20. The summed E-state index contributed by atoms with van der Waals surface area (Å²) in [6.45, 7) is 2.57. The molecule has 0 fully saturated rings. The predicted molar refractivity (Wildman–Crippen MR) is 78.5 cm³/mol. The summed E-state index contributed by atoms with van der Waals surface area (Å²) in [5.74, 6) is 0.275. The molecule has 0 unspecified atom stereocenters. The minimum Gasteiger partial charge on any atom is -0.495 e. The van der Waals surface area contributed by atoms with Crippen LogP contribution in [0, 0.1) is 0 Å². The molecule has 0 aliphatic carbocycles. The highest BCUT2D eigenvalue weighted by molar-refractivity contribution is 6.09. The van der Waals surface area contributed by atoms with Gasteiger partial charge in [-0.25, -0.2) is 0 Å². The number of nitrogens with one attached hydrogen (secondary N) is 1. The van der Waals surface area contributed by atoms with Gasteiger partial charge in [0.2, 0.25) is 0 Å². The van der Waals surface area contributed by atoms with E-state index in [-0.39, 0.29) is 5.91 Å². The molecule has 0 aliphatic rings. The van der Waals surface area contributed by atoms with Crippen molar-refractivity contribution in [3.05, 3.63) is 41.5 Å². The van der Waals surface area contributed by atoms with E-state index in [1.54, 1.807) is 6.07 Å². The predicted octanol–water partition coefficient (Wildman–Crippen LogP) is 2.80. The van der Waals surface area contributed by atoms with Crippen molar-refractivity contribution in [2.75, 3.05) is 13.7 Å². The van der Waals surface area contributed by atoms with Crippen molar-refractivity contribution in [2.45, 2.75) is 13.3 Å². The Kier molecular flexibility index (Phi) is 4.35. The average molecular weight is 271 g/mol. The van der Waals surface area contributed by atoms with Gasteiger partial charge in [0.15, 0.2) is 6.29 Å². The minimum absolute atomic E-state index is 0.224. The summed E-state index contributed by atoms with van der Waals surface area (Å²) in [6.07, 6.45) is 1.61. The van der Waals surface area contributed by atoms with E-state index in [1.165, 1.54) is 7.11 Å². The van der Waals surface area contributed by atoms with Crippen molar-refractivity contribution >= 4 is 23.0 Å². The van der Waals surface area contributed by atoms with E-state index in [2.05, 4.69) is 5.32 Å². The Hall–Kier alpha value is -2.36. The summed E-state index contributed by atoms with van der Waals surface area (Å²) in [5, 5.41) is 4.35. The molecular formula is C16H17NO3. The summed E-state index contributed by atoms with van der Waals surface area (Å²) < 4.78 is 5.38.